The van der Waals surface area contributed by atoms with Crippen molar-refractivity contribution in [3.8, 4) is 5.75 Å². The zero-order valence-corrected chi connectivity index (χ0v) is 15.3. The predicted octanol–water partition coefficient (Wildman–Crippen LogP) is 3.05. The largest absolute Gasteiger partial charge is 0.487 e. The summed E-state index contributed by atoms with van der Waals surface area (Å²) in [5, 5.41) is 8.23. The van der Waals surface area contributed by atoms with Crippen LogP contribution in [-0.2, 0) is 17.7 Å². The van der Waals surface area contributed by atoms with Gasteiger partial charge in [0, 0.05) is 39.1 Å². The van der Waals surface area contributed by atoms with Gasteiger partial charge in [-0.15, -0.1) is 10.2 Å². The van der Waals surface area contributed by atoms with Gasteiger partial charge in [-0.05, 0) is 25.8 Å². The van der Waals surface area contributed by atoms with Gasteiger partial charge in [0.2, 0.25) is 11.8 Å². The van der Waals surface area contributed by atoms with E-state index in [1.54, 1.807) is 7.11 Å². The molecule has 6 nitrogen and oxygen atoms in total. The van der Waals surface area contributed by atoms with Crippen molar-refractivity contribution in [3.05, 3.63) is 41.1 Å². The lowest BCUT2D eigenvalue weighted by molar-refractivity contribution is 0.106. The van der Waals surface area contributed by atoms with Gasteiger partial charge < -0.3 is 13.9 Å². The lowest BCUT2D eigenvalue weighted by Gasteiger charge is -2.23. The SMILES string of the molecule is CO[C@H]1C[C@H](c2nnc(C)o2)N(Cc2cccc3c2OC(C)(C)C3)C1. The van der Waals surface area contributed by atoms with Gasteiger partial charge >= 0.3 is 0 Å². The number of fused-ring (bicyclic) bond motifs is 1. The molecule has 2 aliphatic heterocycles. The maximum absolute atomic E-state index is 6.22. The number of hydrogen-bond donors (Lipinski definition) is 0. The molecule has 0 radical (unpaired) electrons. The molecule has 0 spiro atoms. The molecule has 1 aromatic carbocycles. The first-order valence-electron chi connectivity index (χ1n) is 8.82. The molecule has 4 rings (SSSR count). The maximum atomic E-state index is 6.22. The second kappa shape index (κ2) is 6.11. The normalized spacial score (nSPS) is 25.1. The fraction of sp³-hybridized carbons (Fsp3) is 0.579. The summed E-state index contributed by atoms with van der Waals surface area (Å²) in [4.78, 5) is 2.35. The minimum atomic E-state index is -0.137. The third-order valence-electron chi connectivity index (χ3n) is 5.07. The average Bonchev–Trinajstić information content (AvgIpc) is 3.23. The molecule has 0 unspecified atom stereocenters. The fourth-order valence-electron chi connectivity index (χ4n) is 3.93. The van der Waals surface area contributed by atoms with Crippen LogP contribution in [0.25, 0.3) is 0 Å². The van der Waals surface area contributed by atoms with Crippen LogP contribution in [0.4, 0.5) is 0 Å². The van der Waals surface area contributed by atoms with E-state index in [9.17, 15) is 0 Å². The summed E-state index contributed by atoms with van der Waals surface area (Å²) >= 11 is 0. The van der Waals surface area contributed by atoms with E-state index >= 15 is 0 Å². The number of benzene rings is 1. The van der Waals surface area contributed by atoms with Crippen molar-refractivity contribution in [1.29, 1.82) is 0 Å². The molecular weight excluding hydrogens is 318 g/mol. The van der Waals surface area contributed by atoms with Crippen molar-refractivity contribution in [3.63, 3.8) is 0 Å². The van der Waals surface area contributed by atoms with Gasteiger partial charge in [0.05, 0.1) is 12.1 Å². The highest BCUT2D eigenvalue weighted by atomic mass is 16.5. The standard InChI is InChI=1S/C19H25N3O3/c1-12-20-21-18(24-12)16-8-15(23-4)11-22(16)10-14-7-5-6-13-9-19(2,3)25-17(13)14/h5-7,15-16H,8-11H2,1-4H3/t15-,16+/m0/s1. The Balaban J connectivity index is 1.60. The summed E-state index contributed by atoms with van der Waals surface area (Å²) in [7, 11) is 1.76. The minimum Gasteiger partial charge on any atom is -0.487 e. The predicted molar refractivity (Wildman–Crippen MR) is 92.5 cm³/mol. The van der Waals surface area contributed by atoms with E-state index in [2.05, 4.69) is 47.1 Å². The Morgan fingerprint density at radius 1 is 1.32 bits per heavy atom. The molecule has 2 atom stereocenters. The summed E-state index contributed by atoms with van der Waals surface area (Å²) in [6, 6.07) is 6.51. The molecule has 1 fully saturated rings. The van der Waals surface area contributed by atoms with E-state index in [0.717, 1.165) is 31.7 Å². The topological polar surface area (TPSA) is 60.6 Å². The average molecular weight is 343 g/mol. The van der Waals surface area contributed by atoms with Crippen LogP contribution >= 0.6 is 0 Å². The highest BCUT2D eigenvalue weighted by molar-refractivity contribution is 5.45. The van der Waals surface area contributed by atoms with Crippen molar-refractivity contribution < 1.29 is 13.9 Å². The number of para-hydroxylation sites is 1. The summed E-state index contributed by atoms with van der Waals surface area (Å²) in [5.74, 6) is 2.31. The molecule has 0 saturated carbocycles. The van der Waals surface area contributed by atoms with Crippen LogP contribution in [0.5, 0.6) is 5.75 Å². The summed E-state index contributed by atoms with van der Waals surface area (Å²) < 4.78 is 17.5. The van der Waals surface area contributed by atoms with Gasteiger partial charge in [-0.2, -0.15) is 0 Å². The number of likely N-dealkylation sites (tertiary alicyclic amines) is 1. The number of nitrogens with zero attached hydrogens (tertiary/aromatic N) is 3. The molecular formula is C19H25N3O3. The third-order valence-corrected chi connectivity index (χ3v) is 5.07. The molecule has 0 amide bonds. The van der Waals surface area contributed by atoms with E-state index in [4.69, 9.17) is 13.9 Å². The van der Waals surface area contributed by atoms with Crippen LogP contribution in [0.1, 0.15) is 49.2 Å². The quantitative estimate of drug-likeness (QED) is 0.850. The molecule has 3 heterocycles. The Morgan fingerprint density at radius 3 is 2.88 bits per heavy atom. The Hall–Kier alpha value is -1.92. The van der Waals surface area contributed by atoms with E-state index in [1.807, 2.05) is 6.92 Å². The van der Waals surface area contributed by atoms with Crippen molar-refractivity contribution in [2.45, 2.75) is 57.9 Å². The maximum Gasteiger partial charge on any atom is 0.233 e. The Labute approximate surface area is 148 Å². The van der Waals surface area contributed by atoms with E-state index < -0.39 is 0 Å². The van der Waals surface area contributed by atoms with Crippen LogP contribution < -0.4 is 4.74 Å². The highest BCUT2D eigenvalue weighted by Crippen LogP contribution is 2.40. The number of rotatable bonds is 4. The molecule has 1 aromatic heterocycles. The molecule has 6 heteroatoms. The second-order valence-corrected chi connectivity index (χ2v) is 7.64. The summed E-state index contributed by atoms with van der Waals surface area (Å²) in [6.45, 7) is 7.72. The highest BCUT2D eigenvalue weighted by Gasteiger charge is 2.38. The minimum absolute atomic E-state index is 0.0800. The van der Waals surface area contributed by atoms with Gasteiger partial charge in [-0.3, -0.25) is 4.90 Å². The first-order valence-corrected chi connectivity index (χ1v) is 8.82. The molecule has 1 saturated heterocycles. The van der Waals surface area contributed by atoms with Crippen LogP contribution in [0.15, 0.2) is 22.6 Å². The number of aryl methyl sites for hydroxylation is 1. The van der Waals surface area contributed by atoms with Crippen LogP contribution in [-0.4, -0.2) is 40.5 Å². The molecule has 2 aromatic rings. The van der Waals surface area contributed by atoms with Gasteiger partial charge in [0.15, 0.2) is 0 Å². The first-order chi connectivity index (χ1) is 11.9. The second-order valence-electron chi connectivity index (χ2n) is 7.64. The Morgan fingerprint density at radius 2 is 2.16 bits per heavy atom. The van der Waals surface area contributed by atoms with Crippen molar-refractivity contribution >= 4 is 0 Å². The van der Waals surface area contributed by atoms with Crippen LogP contribution in [0, 0.1) is 6.92 Å². The lowest BCUT2D eigenvalue weighted by Crippen LogP contribution is -2.26. The molecule has 0 aliphatic carbocycles. The monoisotopic (exact) mass is 343 g/mol. The number of aromatic nitrogens is 2. The number of hydrogen-bond acceptors (Lipinski definition) is 6. The van der Waals surface area contributed by atoms with Crippen molar-refractivity contribution in [1.82, 2.24) is 15.1 Å². The lowest BCUT2D eigenvalue weighted by atomic mass is 10.0. The number of methoxy groups -OCH3 is 1. The van der Waals surface area contributed by atoms with Gasteiger partial charge in [-0.1, -0.05) is 18.2 Å². The third kappa shape index (κ3) is 3.16. The van der Waals surface area contributed by atoms with E-state index in [-0.39, 0.29) is 17.7 Å². The van der Waals surface area contributed by atoms with Crippen LogP contribution in [0.3, 0.4) is 0 Å². The molecule has 2 aliphatic rings. The zero-order chi connectivity index (χ0) is 17.6. The molecule has 134 valence electrons. The first kappa shape index (κ1) is 16.5. The van der Waals surface area contributed by atoms with Gasteiger partial charge in [0.25, 0.3) is 0 Å². The molecule has 25 heavy (non-hydrogen) atoms. The smallest absolute Gasteiger partial charge is 0.233 e. The van der Waals surface area contributed by atoms with Gasteiger partial charge in [-0.25, -0.2) is 0 Å². The summed E-state index contributed by atoms with van der Waals surface area (Å²) in [6.07, 6.45) is 1.98. The van der Waals surface area contributed by atoms with Crippen LogP contribution in [0.2, 0.25) is 0 Å². The van der Waals surface area contributed by atoms with E-state index in [1.165, 1.54) is 11.1 Å². The molecule has 0 N–H and O–H groups in total. The Kier molecular flexibility index (Phi) is 4.04. The Bertz CT molecular complexity index is 771. The van der Waals surface area contributed by atoms with Crippen molar-refractivity contribution in [2.75, 3.05) is 13.7 Å². The van der Waals surface area contributed by atoms with Gasteiger partial charge in [0.1, 0.15) is 11.4 Å². The van der Waals surface area contributed by atoms with E-state index in [0.29, 0.717) is 11.8 Å². The fourth-order valence-corrected chi connectivity index (χ4v) is 3.93. The summed E-state index contributed by atoms with van der Waals surface area (Å²) in [5.41, 5.74) is 2.36. The zero-order valence-electron chi connectivity index (χ0n) is 15.3. The van der Waals surface area contributed by atoms with Crippen molar-refractivity contribution in [2.24, 2.45) is 0 Å². The number of ether oxygens (including phenoxy) is 2. The molecule has 0 bridgehead atoms.